The van der Waals surface area contributed by atoms with Crippen LogP contribution in [-0.4, -0.2) is 24.3 Å². The second kappa shape index (κ2) is 8.30. The van der Waals surface area contributed by atoms with Gasteiger partial charge < -0.3 is 9.53 Å². The molecule has 0 aliphatic carbocycles. The van der Waals surface area contributed by atoms with E-state index in [0.29, 0.717) is 0 Å². The zero-order valence-corrected chi connectivity index (χ0v) is 12.0. The molecule has 0 spiro atoms. The Morgan fingerprint density at radius 2 is 1.74 bits per heavy atom. The van der Waals surface area contributed by atoms with Crippen molar-refractivity contribution in [1.82, 2.24) is 5.32 Å². The van der Waals surface area contributed by atoms with Gasteiger partial charge in [0.25, 0.3) is 0 Å². The molecule has 4 atom stereocenters. The van der Waals surface area contributed by atoms with Crippen molar-refractivity contribution in [3.05, 3.63) is 0 Å². The highest BCUT2D eigenvalue weighted by atomic mass is 16.5. The van der Waals surface area contributed by atoms with Crippen LogP contribution in [0, 0.1) is 29.7 Å². The maximum atomic E-state index is 11.8. The van der Waals surface area contributed by atoms with Gasteiger partial charge in [0.05, 0.1) is 5.92 Å². The molecule has 5 nitrogen and oxygen atoms in total. The molecule has 19 heavy (non-hydrogen) atoms. The standard InChI is InChI=1S/C14H21NO4/c1-6-7-15-13(17)10(3)11(4)14(18)19-12(5)9(2)8-16/h8-12H,1-5H3,(H,15,17). The summed E-state index contributed by atoms with van der Waals surface area (Å²) < 4.78 is 5.15. The number of aldehydes is 1. The van der Waals surface area contributed by atoms with Crippen molar-refractivity contribution in [2.45, 2.75) is 40.7 Å². The summed E-state index contributed by atoms with van der Waals surface area (Å²) in [7, 11) is 0. The van der Waals surface area contributed by atoms with Crippen LogP contribution in [0.5, 0.6) is 0 Å². The third-order valence-corrected chi connectivity index (χ3v) is 3.10. The third kappa shape index (κ3) is 5.56. The van der Waals surface area contributed by atoms with Crippen LogP contribution in [-0.2, 0) is 19.1 Å². The Labute approximate surface area is 114 Å². The second-order valence-electron chi connectivity index (χ2n) is 4.58. The summed E-state index contributed by atoms with van der Waals surface area (Å²) in [6, 6.07) is 2.44. The molecule has 0 bridgehead atoms. The Bertz CT molecular complexity index is 394. The minimum atomic E-state index is -0.597. The molecular formula is C14H21NO4. The van der Waals surface area contributed by atoms with Crippen LogP contribution in [0.1, 0.15) is 34.6 Å². The molecule has 0 aromatic heterocycles. The van der Waals surface area contributed by atoms with Gasteiger partial charge in [-0.15, -0.1) is 0 Å². The van der Waals surface area contributed by atoms with Crippen molar-refractivity contribution in [2.24, 2.45) is 17.8 Å². The second-order valence-corrected chi connectivity index (χ2v) is 4.58. The molecule has 0 saturated heterocycles. The predicted molar refractivity (Wildman–Crippen MR) is 70.7 cm³/mol. The molecule has 106 valence electrons. The molecule has 0 aromatic rings. The number of carbonyl (C=O) groups excluding carboxylic acids is 3. The number of rotatable bonds is 6. The van der Waals surface area contributed by atoms with E-state index < -0.39 is 23.9 Å². The fourth-order valence-electron chi connectivity index (χ4n) is 1.18. The Morgan fingerprint density at radius 3 is 2.21 bits per heavy atom. The van der Waals surface area contributed by atoms with Crippen LogP contribution in [0.3, 0.4) is 0 Å². The molecule has 0 radical (unpaired) electrons. The number of hydrogen-bond donors (Lipinski definition) is 1. The molecule has 0 rings (SSSR count). The van der Waals surface area contributed by atoms with Crippen molar-refractivity contribution < 1.29 is 19.1 Å². The van der Waals surface area contributed by atoms with E-state index >= 15 is 0 Å². The molecule has 5 heteroatoms. The molecular weight excluding hydrogens is 246 g/mol. The molecule has 0 aromatic carbocycles. The van der Waals surface area contributed by atoms with Crippen LogP contribution >= 0.6 is 0 Å². The van der Waals surface area contributed by atoms with Gasteiger partial charge in [-0.1, -0.05) is 26.7 Å². The number of hydrogen-bond acceptors (Lipinski definition) is 4. The van der Waals surface area contributed by atoms with Gasteiger partial charge in [-0.25, -0.2) is 0 Å². The lowest BCUT2D eigenvalue weighted by molar-refractivity contribution is -0.158. The van der Waals surface area contributed by atoms with Gasteiger partial charge in [-0.05, 0) is 13.8 Å². The average Bonchev–Trinajstić information content (AvgIpc) is 2.41. The fourth-order valence-corrected chi connectivity index (χ4v) is 1.18. The predicted octanol–water partition coefficient (Wildman–Crippen LogP) is 1.12. The minimum absolute atomic E-state index is 0.324. The van der Waals surface area contributed by atoms with Gasteiger partial charge in [0, 0.05) is 17.9 Å². The van der Waals surface area contributed by atoms with Crippen LogP contribution in [0.15, 0.2) is 0 Å². The first-order valence-electron chi connectivity index (χ1n) is 6.22. The molecule has 0 saturated carbocycles. The lowest BCUT2D eigenvalue weighted by Crippen LogP contribution is -2.35. The number of carbonyl (C=O) groups is 3. The fraction of sp³-hybridized carbons (Fsp3) is 0.643. The normalized spacial score (nSPS) is 16.1. The molecule has 1 N–H and O–H groups in total. The quantitative estimate of drug-likeness (QED) is 0.339. The number of amides is 1. The van der Waals surface area contributed by atoms with Gasteiger partial charge in [0.1, 0.15) is 12.4 Å². The van der Waals surface area contributed by atoms with Gasteiger partial charge in [-0.2, -0.15) is 0 Å². The highest BCUT2D eigenvalue weighted by Gasteiger charge is 2.29. The Hall–Kier alpha value is -1.83. The van der Waals surface area contributed by atoms with Crippen LogP contribution in [0.4, 0.5) is 0 Å². The Morgan fingerprint density at radius 1 is 1.16 bits per heavy atom. The van der Waals surface area contributed by atoms with E-state index in [1.54, 1.807) is 34.6 Å². The first-order valence-corrected chi connectivity index (χ1v) is 6.22. The molecule has 1 amide bonds. The summed E-state index contributed by atoms with van der Waals surface area (Å²) in [5, 5.41) is 2.39. The molecule has 0 heterocycles. The van der Waals surface area contributed by atoms with E-state index in [-0.39, 0.29) is 11.8 Å². The third-order valence-electron chi connectivity index (χ3n) is 3.10. The van der Waals surface area contributed by atoms with Gasteiger partial charge in [0.15, 0.2) is 0 Å². The minimum Gasteiger partial charge on any atom is -0.462 e. The van der Waals surface area contributed by atoms with E-state index in [2.05, 4.69) is 17.3 Å². The highest BCUT2D eigenvalue weighted by molar-refractivity contribution is 5.85. The van der Waals surface area contributed by atoms with Crippen molar-refractivity contribution in [3.63, 3.8) is 0 Å². The van der Waals surface area contributed by atoms with E-state index in [1.165, 1.54) is 0 Å². The van der Waals surface area contributed by atoms with Crippen molar-refractivity contribution in [2.75, 3.05) is 0 Å². The first kappa shape index (κ1) is 17.2. The summed E-state index contributed by atoms with van der Waals surface area (Å²) in [6.45, 7) is 8.17. The maximum absolute atomic E-state index is 11.8. The smallest absolute Gasteiger partial charge is 0.309 e. The Balaban J connectivity index is 4.50. The summed E-state index contributed by atoms with van der Waals surface area (Å²) in [4.78, 5) is 34.1. The van der Waals surface area contributed by atoms with Crippen molar-refractivity contribution in [1.29, 1.82) is 0 Å². The topological polar surface area (TPSA) is 72.5 Å². The summed E-state index contributed by atoms with van der Waals surface area (Å²) >= 11 is 0. The Kier molecular flexibility index (Phi) is 7.50. The van der Waals surface area contributed by atoms with Crippen LogP contribution in [0.2, 0.25) is 0 Å². The number of esters is 1. The summed E-state index contributed by atoms with van der Waals surface area (Å²) in [6.07, 6.45) is 0.230. The van der Waals surface area contributed by atoms with Gasteiger partial charge in [0.2, 0.25) is 5.91 Å². The number of nitrogens with one attached hydrogen (secondary N) is 1. The van der Waals surface area contributed by atoms with Crippen LogP contribution in [0.25, 0.3) is 0 Å². The number of ether oxygens (including phenoxy) is 1. The van der Waals surface area contributed by atoms with E-state index in [0.717, 1.165) is 6.29 Å². The molecule has 4 unspecified atom stereocenters. The van der Waals surface area contributed by atoms with Gasteiger partial charge in [-0.3, -0.25) is 14.9 Å². The average molecular weight is 267 g/mol. The molecule has 0 aliphatic heterocycles. The van der Waals surface area contributed by atoms with Crippen LogP contribution < -0.4 is 5.32 Å². The van der Waals surface area contributed by atoms with E-state index in [1.807, 2.05) is 0 Å². The molecule has 0 aliphatic rings. The lowest BCUT2D eigenvalue weighted by Gasteiger charge is -2.21. The maximum Gasteiger partial charge on any atom is 0.309 e. The molecule has 0 fully saturated rings. The zero-order chi connectivity index (χ0) is 15.0. The summed E-state index contributed by atoms with van der Waals surface area (Å²) in [5.74, 6) is 0.207. The first-order chi connectivity index (χ1) is 8.84. The van der Waals surface area contributed by atoms with Gasteiger partial charge >= 0.3 is 5.97 Å². The summed E-state index contributed by atoms with van der Waals surface area (Å²) in [5.41, 5.74) is 0. The zero-order valence-electron chi connectivity index (χ0n) is 12.0. The highest BCUT2D eigenvalue weighted by Crippen LogP contribution is 2.15. The lowest BCUT2D eigenvalue weighted by atomic mass is 9.95. The monoisotopic (exact) mass is 267 g/mol. The SMILES string of the molecule is CC#CNC(=O)C(C)C(C)C(=O)OC(C)C(C)C=O. The van der Waals surface area contributed by atoms with Crippen molar-refractivity contribution in [3.8, 4) is 12.0 Å². The van der Waals surface area contributed by atoms with Crippen molar-refractivity contribution >= 4 is 18.2 Å². The van der Waals surface area contributed by atoms with E-state index in [4.69, 9.17) is 4.74 Å². The largest absolute Gasteiger partial charge is 0.462 e. The van der Waals surface area contributed by atoms with E-state index in [9.17, 15) is 14.4 Å².